The fourth-order valence-electron chi connectivity index (χ4n) is 5.23. The van der Waals surface area contributed by atoms with Gasteiger partial charge < -0.3 is 28.7 Å². The van der Waals surface area contributed by atoms with Gasteiger partial charge in [0.15, 0.2) is 5.79 Å². The zero-order chi connectivity index (χ0) is 24.1. The van der Waals surface area contributed by atoms with Gasteiger partial charge in [0, 0.05) is 6.42 Å². The van der Waals surface area contributed by atoms with Gasteiger partial charge in [-0.05, 0) is 46.5 Å². The maximum Gasteiger partial charge on any atom is 0.234 e. The SMILES string of the molecule is CC(C)[C@H]1COC(C)(C)N1C(=O)C[C@H](C(=O)N1[C@@H](C(C)C)COC1(C)C)C1(C)OCCO1. The van der Waals surface area contributed by atoms with Crippen LogP contribution in [0.3, 0.4) is 0 Å². The molecule has 8 heteroatoms. The molecule has 8 nitrogen and oxygen atoms in total. The van der Waals surface area contributed by atoms with Gasteiger partial charge in [-0.3, -0.25) is 9.59 Å². The average Bonchev–Trinajstić information content (AvgIpc) is 3.34. The van der Waals surface area contributed by atoms with Crippen LogP contribution in [-0.4, -0.2) is 77.4 Å². The van der Waals surface area contributed by atoms with Crippen molar-refractivity contribution in [1.29, 1.82) is 0 Å². The van der Waals surface area contributed by atoms with E-state index in [0.717, 1.165) is 0 Å². The summed E-state index contributed by atoms with van der Waals surface area (Å²) in [6.07, 6.45) is -0.0112. The Labute approximate surface area is 192 Å². The van der Waals surface area contributed by atoms with Gasteiger partial charge in [0.2, 0.25) is 11.8 Å². The van der Waals surface area contributed by atoms with Crippen molar-refractivity contribution in [1.82, 2.24) is 9.80 Å². The molecule has 0 spiro atoms. The lowest BCUT2D eigenvalue weighted by Crippen LogP contribution is -2.58. The predicted octanol–water partition coefficient (Wildman–Crippen LogP) is 2.99. The van der Waals surface area contributed by atoms with E-state index >= 15 is 0 Å². The molecule has 0 unspecified atom stereocenters. The van der Waals surface area contributed by atoms with Gasteiger partial charge in [-0.2, -0.15) is 0 Å². The van der Waals surface area contributed by atoms with E-state index in [1.807, 2.05) is 32.6 Å². The number of hydrogen-bond donors (Lipinski definition) is 0. The van der Waals surface area contributed by atoms with Gasteiger partial charge >= 0.3 is 0 Å². The molecule has 0 radical (unpaired) electrons. The van der Waals surface area contributed by atoms with Crippen LogP contribution in [0.4, 0.5) is 0 Å². The quantitative estimate of drug-likeness (QED) is 0.614. The third kappa shape index (κ3) is 4.56. The number of hydrogen-bond acceptors (Lipinski definition) is 6. The Kier molecular flexibility index (Phi) is 7.03. The summed E-state index contributed by atoms with van der Waals surface area (Å²) in [6.45, 7) is 19.5. The van der Waals surface area contributed by atoms with Crippen LogP contribution in [0.25, 0.3) is 0 Å². The van der Waals surface area contributed by atoms with E-state index in [-0.39, 0.29) is 42.2 Å². The first kappa shape index (κ1) is 25.4. The molecule has 2 amide bonds. The number of ether oxygens (including phenoxy) is 4. The monoisotopic (exact) mass is 454 g/mol. The second-order valence-corrected chi connectivity index (χ2v) is 11.1. The molecule has 0 saturated carbocycles. The molecule has 3 atom stereocenters. The number of nitrogens with zero attached hydrogens (tertiary/aromatic N) is 2. The lowest BCUT2D eigenvalue weighted by Gasteiger charge is -2.42. The van der Waals surface area contributed by atoms with E-state index in [1.165, 1.54) is 0 Å². The average molecular weight is 455 g/mol. The van der Waals surface area contributed by atoms with Crippen molar-refractivity contribution in [3.8, 4) is 0 Å². The Morgan fingerprint density at radius 1 is 0.781 bits per heavy atom. The Morgan fingerprint density at radius 3 is 1.69 bits per heavy atom. The largest absolute Gasteiger partial charge is 0.354 e. The Morgan fingerprint density at radius 2 is 1.22 bits per heavy atom. The summed E-state index contributed by atoms with van der Waals surface area (Å²) in [7, 11) is 0. The molecule has 3 saturated heterocycles. The van der Waals surface area contributed by atoms with E-state index in [9.17, 15) is 9.59 Å². The van der Waals surface area contributed by atoms with Gasteiger partial charge in [0.05, 0.1) is 38.5 Å². The molecule has 3 rings (SSSR count). The van der Waals surface area contributed by atoms with Crippen LogP contribution in [-0.2, 0) is 28.5 Å². The third-order valence-electron chi connectivity index (χ3n) is 7.25. The van der Waals surface area contributed by atoms with Crippen LogP contribution >= 0.6 is 0 Å². The van der Waals surface area contributed by atoms with Gasteiger partial charge in [-0.1, -0.05) is 27.7 Å². The van der Waals surface area contributed by atoms with Crippen molar-refractivity contribution < 1.29 is 28.5 Å². The minimum absolute atomic E-state index is 0.0112. The van der Waals surface area contributed by atoms with E-state index in [2.05, 4.69) is 27.7 Å². The maximum absolute atomic E-state index is 14.1. The molecular weight excluding hydrogens is 412 g/mol. The summed E-state index contributed by atoms with van der Waals surface area (Å²) >= 11 is 0. The zero-order valence-corrected chi connectivity index (χ0v) is 21.3. The maximum atomic E-state index is 14.1. The number of carbonyl (C=O) groups excluding carboxylic acids is 2. The molecule has 0 N–H and O–H groups in total. The van der Waals surface area contributed by atoms with Crippen molar-refractivity contribution in [2.75, 3.05) is 26.4 Å². The predicted molar refractivity (Wildman–Crippen MR) is 119 cm³/mol. The minimum atomic E-state index is -1.16. The van der Waals surface area contributed by atoms with E-state index < -0.39 is 23.2 Å². The fraction of sp³-hybridized carbons (Fsp3) is 0.917. The normalized spacial score (nSPS) is 29.8. The van der Waals surface area contributed by atoms with Crippen molar-refractivity contribution in [2.24, 2.45) is 17.8 Å². The molecule has 3 heterocycles. The standard InChI is InChI=1S/C24H42N2O6/c1-15(2)18-13-31-22(5,6)25(18)20(27)12-17(24(9)29-10-11-30-24)21(28)26-19(16(3)4)14-32-23(26,7)8/h15-19H,10-14H2,1-9H3/t17-,18-,19-/m1/s1. The highest BCUT2D eigenvalue weighted by molar-refractivity contribution is 5.88. The van der Waals surface area contributed by atoms with Crippen LogP contribution in [0.1, 0.15) is 68.7 Å². The molecule has 0 aromatic heterocycles. The number of rotatable bonds is 6. The number of carbonyl (C=O) groups is 2. The summed E-state index contributed by atoms with van der Waals surface area (Å²) in [5.41, 5.74) is -1.49. The first-order valence-electron chi connectivity index (χ1n) is 11.9. The molecule has 32 heavy (non-hydrogen) atoms. The van der Waals surface area contributed by atoms with Crippen LogP contribution in [0, 0.1) is 17.8 Å². The lowest BCUT2D eigenvalue weighted by molar-refractivity contribution is -0.204. The van der Waals surface area contributed by atoms with Crippen LogP contribution < -0.4 is 0 Å². The first-order valence-corrected chi connectivity index (χ1v) is 11.9. The molecule has 3 fully saturated rings. The second-order valence-electron chi connectivity index (χ2n) is 11.1. The molecule has 0 aromatic rings. The van der Waals surface area contributed by atoms with Crippen molar-refractivity contribution in [2.45, 2.75) is 98.1 Å². The molecular formula is C24H42N2O6. The lowest BCUT2D eigenvalue weighted by atomic mass is 9.90. The molecule has 184 valence electrons. The molecule has 3 aliphatic rings. The summed E-state index contributed by atoms with van der Waals surface area (Å²) < 4.78 is 23.8. The minimum Gasteiger partial charge on any atom is -0.354 e. The van der Waals surface area contributed by atoms with Gasteiger partial charge in [-0.15, -0.1) is 0 Å². The van der Waals surface area contributed by atoms with Gasteiger partial charge in [-0.25, -0.2) is 0 Å². The summed E-state index contributed by atoms with van der Waals surface area (Å²) in [5.74, 6) is -1.78. The zero-order valence-electron chi connectivity index (χ0n) is 21.3. The van der Waals surface area contributed by atoms with Gasteiger partial charge in [0.1, 0.15) is 17.4 Å². The fourth-order valence-corrected chi connectivity index (χ4v) is 5.23. The van der Waals surface area contributed by atoms with Crippen LogP contribution in [0.15, 0.2) is 0 Å². The highest BCUT2D eigenvalue weighted by Crippen LogP contribution is 2.40. The van der Waals surface area contributed by atoms with E-state index in [4.69, 9.17) is 18.9 Å². The molecule has 0 bridgehead atoms. The van der Waals surface area contributed by atoms with Crippen LogP contribution in [0.5, 0.6) is 0 Å². The van der Waals surface area contributed by atoms with Crippen LogP contribution in [0.2, 0.25) is 0 Å². The third-order valence-corrected chi connectivity index (χ3v) is 7.25. The Balaban J connectivity index is 1.93. The molecule has 0 aliphatic carbocycles. The number of amides is 2. The van der Waals surface area contributed by atoms with Crippen molar-refractivity contribution in [3.05, 3.63) is 0 Å². The second kappa shape index (κ2) is 8.85. The van der Waals surface area contributed by atoms with Crippen molar-refractivity contribution >= 4 is 11.8 Å². The Bertz CT molecular complexity index is 713. The molecule has 0 aromatic carbocycles. The summed E-state index contributed by atoms with van der Waals surface area (Å²) in [4.78, 5) is 31.4. The van der Waals surface area contributed by atoms with Gasteiger partial charge in [0.25, 0.3) is 0 Å². The first-order chi connectivity index (χ1) is 14.7. The summed E-state index contributed by atoms with van der Waals surface area (Å²) in [6, 6.07) is -0.114. The molecule has 3 aliphatic heterocycles. The highest BCUT2D eigenvalue weighted by atomic mass is 16.7. The topological polar surface area (TPSA) is 77.5 Å². The van der Waals surface area contributed by atoms with E-state index in [0.29, 0.717) is 26.4 Å². The Hall–Kier alpha value is -1.22. The highest BCUT2D eigenvalue weighted by Gasteiger charge is 2.54. The summed E-state index contributed by atoms with van der Waals surface area (Å²) in [5, 5.41) is 0. The smallest absolute Gasteiger partial charge is 0.234 e. The van der Waals surface area contributed by atoms with Crippen molar-refractivity contribution in [3.63, 3.8) is 0 Å². The van der Waals surface area contributed by atoms with E-state index in [1.54, 1.807) is 11.8 Å².